The third kappa shape index (κ3) is 22.4. The summed E-state index contributed by atoms with van der Waals surface area (Å²) in [7, 11) is 9.70. The number of aliphatic carboxylic acids is 1. The van der Waals surface area contributed by atoms with Crippen LogP contribution in [0.25, 0.3) is 0 Å². The molecular formula is C63H111N11O14. The van der Waals surface area contributed by atoms with Gasteiger partial charge in [0, 0.05) is 61.7 Å². The van der Waals surface area contributed by atoms with E-state index in [1.54, 1.807) is 41.5 Å². The minimum atomic E-state index is -1.64. The highest BCUT2D eigenvalue weighted by Gasteiger charge is 2.46. The first-order valence-corrected chi connectivity index (χ1v) is 31.3. The van der Waals surface area contributed by atoms with Gasteiger partial charge in [0.2, 0.25) is 65.0 Å². The Morgan fingerprint density at radius 1 is 0.489 bits per heavy atom. The predicted octanol–water partition coefficient (Wildman–Crippen LogP) is 3.01. The Balaban J connectivity index is 4.38. The number of carbonyl (C=O) groups is 13. The Bertz CT molecular complexity index is 2430. The van der Waals surface area contributed by atoms with Crippen LogP contribution in [-0.2, 0) is 62.3 Å². The van der Waals surface area contributed by atoms with E-state index in [9.17, 15) is 57.8 Å². The van der Waals surface area contributed by atoms with Crippen molar-refractivity contribution in [3.8, 4) is 0 Å². The Labute approximate surface area is 524 Å². The molecule has 0 aromatic heterocycles. The van der Waals surface area contributed by atoms with Crippen molar-refractivity contribution in [1.82, 2.24) is 55.6 Å². The number of nitrogens with zero attached hydrogens (tertiary/aromatic N) is 7. The first-order valence-electron chi connectivity index (χ1n) is 31.3. The molecule has 11 amide bonds. The minimum Gasteiger partial charge on any atom is -0.481 e. The van der Waals surface area contributed by atoms with Crippen LogP contribution in [0.4, 0.5) is 0 Å². The molecule has 5 N–H and O–H groups in total. The Morgan fingerprint density at radius 3 is 1.35 bits per heavy atom. The fraction of sp³-hybridized carbons (Fsp3) is 0.794. The Morgan fingerprint density at radius 2 is 0.909 bits per heavy atom. The molecule has 1 aliphatic rings. The molecule has 1 rings (SSSR count). The van der Waals surface area contributed by atoms with E-state index in [-0.39, 0.29) is 75.0 Å². The van der Waals surface area contributed by atoms with Gasteiger partial charge in [0.1, 0.15) is 66.7 Å². The third-order valence-electron chi connectivity index (χ3n) is 16.7. The van der Waals surface area contributed by atoms with Crippen molar-refractivity contribution in [2.75, 3.05) is 55.9 Å². The molecule has 12 atom stereocenters. The molecule has 1 fully saturated rings. The van der Waals surface area contributed by atoms with Crippen molar-refractivity contribution in [1.29, 1.82) is 0 Å². The van der Waals surface area contributed by atoms with Gasteiger partial charge in [0.05, 0.1) is 6.54 Å². The summed E-state index contributed by atoms with van der Waals surface area (Å²) in [5.74, 6) is -12.8. The average molecular weight is 1250 g/mol. The summed E-state index contributed by atoms with van der Waals surface area (Å²) in [5.41, 5.74) is 0. The van der Waals surface area contributed by atoms with Gasteiger partial charge in [-0.1, -0.05) is 96.9 Å². The van der Waals surface area contributed by atoms with Crippen LogP contribution in [0.2, 0.25) is 0 Å². The number of nitrogens with one attached hydrogen (secondary N) is 4. The Kier molecular flexibility index (Phi) is 32.5. The SMILES string of the molecule is CC[C@@H]1NC(=O)[C@H](C(C=O)[C@H](C)CCCC(=O)O)N(C)C(=O)[C@H](C(C)C)N(C)C(=O)[C@H](CC(C)C)N(C)C(=O)[C@H](CC(C)C)N(C)C(=O)[C@@H](C)NC(=O)[C@H](C)NC(=O)[C@H](CC(C)C)N(C)C(=O)[C@H](C(C)C)NC(=O)[C@H](CC(C)C)N(C)C(=O)CN(C)C1=O. The summed E-state index contributed by atoms with van der Waals surface area (Å²) in [6.07, 6.45) is 0.987. The van der Waals surface area contributed by atoms with Crippen molar-refractivity contribution in [3.05, 3.63) is 0 Å². The van der Waals surface area contributed by atoms with E-state index in [1.165, 1.54) is 87.7 Å². The number of carboxylic acids is 1. The van der Waals surface area contributed by atoms with Crippen molar-refractivity contribution in [3.63, 3.8) is 0 Å². The fourth-order valence-electron chi connectivity index (χ4n) is 11.2. The van der Waals surface area contributed by atoms with Gasteiger partial charge in [-0.15, -0.1) is 0 Å². The number of likely N-dealkylation sites (N-methyl/N-ethyl adjacent to an activating group) is 7. The topological polar surface area (TPSA) is 313 Å². The van der Waals surface area contributed by atoms with Gasteiger partial charge >= 0.3 is 5.97 Å². The molecule has 0 aromatic carbocycles. The maximum Gasteiger partial charge on any atom is 0.303 e. The molecule has 0 bridgehead atoms. The molecule has 0 radical (unpaired) electrons. The Hall–Kier alpha value is -6.69. The number of aldehydes is 1. The van der Waals surface area contributed by atoms with Crippen molar-refractivity contribution < 1.29 is 67.4 Å². The summed E-state index contributed by atoms with van der Waals surface area (Å²) in [6, 6.07) is -12.7. The van der Waals surface area contributed by atoms with E-state index in [2.05, 4.69) is 21.3 Å². The van der Waals surface area contributed by atoms with Gasteiger partial charge in [-0.05, 0) is 100 Å². The number of rotatable bonds is 18. The van der Waals surface area contributed by atoms with E-state index in [4.69, 9.17) is 0 Å². The number of hydrogen-bond acceptors (Lipinski definition) is 13. The summed E-state index contributed by atoms with van der Waals surface area (Å²) in [6.45, 7) is 27.1. The van der Waals surface area contributed by atoms with Crippen LogP contribution in [0.5, 0.6) is 0 Å². The molecule has 25 heteroatoms. The van der Waals surface area contributed by atoms with E-state index in [0.29, 0.717) is 6.29 Å². The normalized spacial score (nSPS) is 26.2. The molecule has 0 aromatic rings. The van der Waals surface area contributed by atoms with E-state index in [1.807, 2.05) is 55.4 Å². The smallest absolute Gasteiger partial charge is 0.303 e. The summed E-state index contributed by atoms with van der Waals surface area (Å²) < 4.78 is 0. The lowest BCUT2D eigenvalue weighted by Gasteiger charge is -2.41. The highest BCUT2D eigenvalue weighted by atomic mass is 16.4. The van der Waals surface area contributed by atoms with Gasteiger partial charge < -0.3 is 65.5 Å². The molecule has 1 unspecified atom stereocenters. The molecule has 25 nitrogen and oxygen atoms in total. The maximum atomic E-state index is 15.3. The summed E-state index contributed by atoms with van der Waals surface area (Å²) >= 11 is 0. The second-order valence-electron chi connectivity index (χ2n) is 26.8. The zero-order valence-corrected chi connectivity index (χ0v) is 57.2. The maximum absolute atomic E-state index is 15.3. The van der Waals surface area contributed by atoms with Crippen LogP contribution < -0.4 is 21.3 Å². The van der Waals surface area contributed by atoms with Crippen molar-refractivity contribution in [2.24, 2.45) is 47.3 Å². The molecule has 1 aliphatic heterocycles. The van der Waals surface area contributed by atoms with Crippen LogP contribution in [0.3, 0.4) is 0 Å². The van der Waals surface area contributed by atoms with Gasteiger partial charge in [0.25, 0.3) is 0 Å². The molecule has 88 heavy (non-hydrogen) atoms. The molecule has 1 heterocycles. The molecule has 0 spiro atoms. The fourth-order valence-corrected chi connectivity index (χ4v) is 11.2. The van der Waals surface area contributed by atoms with E-state index >= 15 is 9.59 Å². The predicted molar refractivity (Wildman–Crippen MR) is 334 cm³/mol. The molecule has 502 valence electrons. The quantitative estimate of drug-likeness (QED) is 0.123. The minimum absolute atomic E-state index is 0.0370. The monoisotopic (exact) mass is 1250 g/mol. The van der Waals surface area contributed by atoms with Crippen molar-refractivity contribution in [2.45, 2.75) is 223 Å². The van der Waals surface area contributed by atoms with E-state index in [0.717, 1.165) is 9.80 Å². The standard InChI is InChI=1S/C63H111N11O14/c1-24-44-59(84)68(17)32-49(76)69(18)45(28-34(2)3)56(81)67-51(38(10)11)62(87)70(19)46(29-35(4)5)55(80)64-41(15)54(79)65-42(16)58(83)71(20)47(30-36(6)7)60(85)72(21)48(31-37(8)9)61(86)73(22)52(39(12)13)63(88)74(23)53(57(82)66-44)43(33-75)40(14)26-25-27-50(77)78/h33-48,51-53H,24-32H2,1-23H3,(H,64,80)(H,65,79)(H,66,82)(H,67,81)(H,77,78)/t40-,41+,42-,43?,44+,45+,46+,47+,48+,51+,52+,53+/m1/s1. The number of amides is 11. The van der Waals surface area contributed by atoms with Crippen LogP contribution in [-0.4, -0.2) is 233 Å². The average Bonchev–Trinajstić information content (AvgIpc) is 1.33. The van der Waals surface area contributed by atoms with Crippen molar-refractivity contribution >= 4 is 77.2 Å². The third-order valence-corrected chi connectivity index (χ3v) is 16.7. The summed E-state index contributed by atoms with van der Waals surface area (Å²) in [5, 5.41) is 20.4. The largest absolute Gasteiger partial charge is 0.481 e. The van der Waals surface area contributed by atoms with Crippen LogP contribution in [0.15, 0.2) is 0 Å². The zero-order valence-electron chi connectivity index (χ0n) is 57.2. The number of carboxylic acid groups (broad SMARTS) is 1. The molecular weight excluding hydrogens is 1130 g/mol. The number of carbonyl (C=O) groups excluding carboxylic acids is 12. The lowest BCUT2D eigenvalue weighted by molar-refractivity contribution is -0.157. The highest BCUT2D eigenvalue weighted by molar-refractivity contribution is 6.00. The second kappa shape index (κ2) is 36.1. The molecule has 0 aliphatic carbocycles. The van der Waals surface area contributed by atoms with Gasteiger partial charge in [-0.25, -0.2) is 0 Å². The van der Waals surface area contributed by atoms with Crippen LogP contribution >= 0.6 is 0 Å². The first kappa shape index (κ1) is 79.3. The van der Waals surface area contributed by atoms with Crippen LogP contribution in [0.1, 0.15) is 162 Å². The second-order valence-corrected chi connectivity index (χ2v) is 26.8. The zero-order chi connectivity index (χ0) is 68.3. The summed E-state index contributed by atoms with van der Waals surface area (Å²) in [4.78, 5) is 194. The van der Waals surface area contributed by atoms with Gasteiger partial charge in [-0.3, -0.25) is 57.5 Å². The van der Waals surface area contributed by atoms with Crippen LogP contribution in [0, 0.1) is 47.3 Å². The number of hydrogen-bond donors (Lipinski definition) is 5. The molecule has 0 saturated carbocycles. The lowest BCUT2D eigenvalue weighted by Crippen LogP contribution is -2.63. The first-order chi connectivity index (χ1) is 40.6. The van der Waals surface area contributed by atoms with E-state index < -0.39 is 162 Å². The van der Waals surface area contributed by atoms with Gasteiger partial charge in [-0.2, -0.15) is 0 Å². The lowest BCUT2D eigenvalue weighted by atomic mass is 9.83. The molecule has 1 saturated heterocycles. The van der Waals surface area contributed by atoms with Gasteiger partial charge in [0.15, 0.2) is 0 Å². The highest BCUT2D eigenvalue weighted by Crippen LogP contribution is 2.28.